The summed E-state index contributed by atoms with van der Waals surface area (Å²) in [4.78, 5) is 28.4. The number of aliphatic hydroxyl groups is 2. The molecule has 0 spiro atoms. The number of amidine groups is 1. The van der Waals surface area contributed by atoms with Gasteiger partial charge in [0.05, 0.1) is 28.7 Å². The first-order chi connectivity index (χ1) is 19.2. The monoisotopic (exact) mass is 565 g/mol. The molecule has 0 saturated carbocycles. The lowest BCUT2D eigenvalue weighted by atomic mass is 9.97. The van der Waals surface area contributed by atoms with E-state index in [1.165, 1.54) is 12.1 Å². The number of aromatic nitrogens is 2. The Hall–Kier alpha value is -3.96. The molecule has 41 heavy (non-hydrogen) atoms. The molecule has 2 atom stereocenters. The van der Waals surface area contributed by atoms with Crippen LogP contribution < -0.4 is 4.74 Å². The minimum atomic E-state index is -3.07. The number of alkyl halides is 2. The van der Waals surface area contributed by atoms with E-state index in [9.17, 15) is 23.8 Å². The van der Waals surface area contributed by atoms with Gasteiger partial charge in [-0.3, -0.25) is 4.79 Å². The zero-order valence-corrected chi connectivity index (χ0v) is 23.6. The molecule has 216 valence electrons. The average Bonchev–Trinajstić information content (AvgIpc) is 3.39. The molecule has 2 aromatic carbocycles. The van der Waals surface area contributed by atoms with Crippen LogP contribution >= 0.6 is 0 Å². The minimum Gasteiger partial charge on any atom is -0.434 e. The highest BCUT2D eigenvalue weighted by atomic mass is 19.3. The first-order valence-electron chi connectivity index (χ1n) is 13.3. The number of carbonyl (C=O) groups excluding carboxylic acids is 1. The maximum atomic E-state index is 13.8. The Labute approximate surface area is 236 Å². The van der Waals surface area contributed by atoms with Gasteiger partial charge in [-0.15, -0.1) is 0 Å². The molecule has 3 heterocycles. The van der Waals surface area contributed by atoms with Crippen LogP contribution in [0.5, 0.6) is 5.75 Å². The number of fused-ring (bicyclic) bond motifs is 9. The van der Waals surface area contributed by atoms with Gasteiger partial charge in [0.2, 0.25) is 0 Å². The second-order valence-electron chi connectivity index (χ2n) is 11.6. The van der Waals surface area contributed by atoms with Crippen molar-refractivity contribution in [1.82, 2.24) is 14.5 Å². The molecule has 0 fully saturated rings. The molecule has 2 bridgehead atoms. The van der Waals surface area contributed by atoms with E-state index >= 15 is 0 Å². The van der Waals surface area contributed by atoms with Crippen molar-refractivity contribution >= 4 is 35.1 Å². The number of rotatable bonds is 7. The lowest BCUT2D eigenvalue weighted by molar-refractivity contribution is -0.0507. The summed E-state index contributed by atoms with van der Waals surface area (Å²) in [6, 6.07) is 9.26. The summed E-state index contributed by atoms with van der Waals surface area (Å²) in [7, 11) is 0. The number of halogens is 2. The molecule has 1 aromatic heterocycles. The summed E-state index contributed by atoms with van der Waals surface area (Å²) in [5, 5.41) is 20.9. The van der Waals surface area contributed by atoms with Crippen LogP contribution in [0.4, 0.5) is 8.78 Å². The summed E-state index contributed by atoms with van der Waals surface area (Å²) in [5.41, 5.74) is 1.19. The molecule has 0 unspecified atom stereocenters. The first kappa shape index (κ1) is 28.6. The van der Waals surface area contributed by atoms with Gasteiger partial charge in [-0.2, -0.15) is 8.78 Å². The molecule has 2 aliphatic rings. The van der Waals surface area contributed by atoms with E-state index in [1.807, 2.05) is 29.7 Å². The Balaban J connectivity index is 1.70. The largest absolute Gasteiger partial charge is 0.434 e. The van der Waals surface area contributed by atoms with Gasteiger partial charge in [-0.1, -0.05) is 12.1 Å². The SMILES string of the molecule is C=NC(=N/C=C(\C)c1ccc2nc3n(c2c1)[C@@H]1C[C@@H]3N(CC(C)(C)O)C(=O)c2cccc(OC(F)F)c21)C(C)(C)O. The summed E-state index contributed by atoms with van der Waals surface area (Å²) in [6.07, 6.45) is 1.99. The van der Waals surface area contributed by atoms with Crippen LogP contribution in [-0.4, -0.2) is 67.5 Å². The molecule has 0 aliphatic carbocycles. The second kappa shape index (κ2) is 10.1. The van der Waals surface area contributed by atoms with Gasteiger partial charge in [-0.25, -0.2) is 15.0 Å². The number of amides is 1. The molecule has 0 radical (unpaired) electrons. The topological polar surface area (TPSA) is 113 Å². The Morgan fingerprint density at radius 1 is 1.22 bits per heavy atom. The lowest BCUT2D eigenvalue weighted by Crippen LogP contribution is -2.43. The van der Waals surface area contributed by atoms with Crippen LogP contribution in [0.15, 0.2) is 52.6 Å². The standard InChI is InChI=1S/C30H33F2N5O4/c1-16(14-34-27(33-6)30(4,5)40)17-10-11-19-20(12-17)37-21-13-22(25(37)35-19)36(15-29(2,3)39)26(38)18-8-7-9-23(24(18)21)41-28(31)32/h7-12,14,21-22,28,39-40H,6,13,15H2,1-5H3/b16-14+,34-27?/t21-,22+/m1/s1. The molecule has 3 aromatic rings. The zero-order chi connectivity index (χ0) is 29.9. The van der Waals surface area contributed by atoms with Crippen LogP contribution in [0.1, 0.15) is 80.4 Å². The van der Waals surface area contributed by atoms with Gasteiger partial charge in [0.1, 0.15) is 17.2 Å². The van der Waals surface area contributed by atoms with Gasteiger partial charge < -0.3 is 24.4 Å². The molecule has 11 heteroatoms. The summed E-state index contributed by atoms with van der Waals surface area (Å²) in [6.45, 7) is 8.69. The number of benzene rings is 2. The van der Waals surface area contributed by atoms with Gasteiger partial charge in [0.15, 0.2) is 5.84 Å². The fraction of sp³-hybridized carbons (Fsp3) is 0.400. The van der Waals surface area contributed by atoms with E-state index < -0.39 is 29.9 Å². The second-order valence-corrected chi connectivity index (χ2v) is 11.6. The van der Waals surface area contributed by atoms with E-state index in [0.29, 0.717) is 23.3 Å². The van der Waals surface area contributed by atoms with Gasteiger partial charge in [-0.05, 0) is 76.7 Å². The highest BCUT2D eigenvalue weighted by Gasteiger charge is 2.47. The number of imidazole rings is 1. The van der Waals surface area contributed by atoms with E-state index in [4.69, 9.17) is 9.72 Å². The minimum absolute atomic E-state index is 0.0256. The smallest absolute Gasteiger partial charge is 0.387 e. The van der Waals surface area contributed by atoms with Gasteiger partial charge in [0.25, 0.3) is 5.91 Å². The van der Waals surface area contributed by atoms with Crippen LogP contribution in [0, 0.1) is 0 Å². The quantitative estimate of drug-likeness (QED) is 0.305. The maximum Gasteiger partial charge on any atom is 0.387 e. The number of aliphatic imine (C=N–C) groups is 2. The van der Waals surface area contributed by atoms with E-state index in [1.54, 1.807) is 44.9 Å². The highest BCUT2D eigenvalue weighted by Crippen LogP contribution is 2.50. The molecular weight excluding hydrogens is 532 g/mol. The lowest BCUT2D eigenvalue weighted by Gasteiger charge is -2.33. The molecule has 2 aliphatic heterocycles. The molecule has 9 nitrogen and oxygen atoms in total. The number of ether oxygens (including phenoxy) is 1. The maximum absolute atomic E-state index is 13.8. The number of hydrogen-bond acceptors (Lipinski definition) is 6. The van der Waals surface area contributed by atoms with E-state index in [2.05, 4.69) is 16.7 Å². The first-order valence-corrected chi connectivity index (χ1v) is 13.3. The van der Waals surface area contributed by atoms with Crippen molar-refractivity contribution in [2.75, 3.05) is 6.54 Å². The van der Waals surface area contributed by atoms with Gasteiger partial charge in [0, 0.05) is 30.3 Å². The highest BCUT2D eigenvalue weighted by molar-refractivity contribution is 5.98. The number of β-amino-alcohol motifs (C(OH)–C–C–N with tert-alkyl or cyclic N) is 1. The van der Waals surface area contributed by atoms with Crippen LogP contribution in [0.3, 0.4) is 0 Å². The van der Waals surface area contributed by atoms with Crippen LogP contribution in [-0.2, 0) is 0 Å². The van der Waals surface area contributed by atoms with Crippen molar-refractivity contribution in [3.63, 3.8) is 0 Å². The van der Waals surface area contributed by atoms with Crippen molar-refractivity contribution in [3.8, 4) is 5.75 Å². The third-order valence-electron chi connectivity index (χ3n) is 7.35. The molecular formula is C30H33F2N5O4. The Morgan fingerprint density at radius 2 is 1.95 bits per heavy atom. The number of nitrogens with zero attached hydrogens (tertiary/aromatic N) is 5. The molecule has 2 N–H and O–H groups in total. The average molecular weight is 566 g/mol. The van der Waals surface area contributed by atoms with Crippen LogP contribution in [0.25, 0.3) is 16.6 Å². The molecule has 5 rings (SSSR count). The van der Waals surface area contributed by atoms with Crippen molar-refractivity contribution in [2.24, 2.45) is 9.98 Å². The van der Waals surface area contributed by atoms with Crippen molar-refractivity contribution in [2.45, 2.75) is 70.9 Å². The zero-order valence-electron chi connectivity index (χ0n) is 23.6. The molecule has 0 saturated heterocycles. The molecule has 1 amide bonds. The van der Waals surface area contributed by atoms with Crippen molar-refractivity contribution in [1.29, 1.82) is 0 Å². The number of carbonyl (C=O) groups is 1. The van der Waals surface area contributed by atoms with E-state index in [0.717, 1.165) is 16.7 Å². The normalized spacial score (nSPS) is 19.5. The number of hydrogen-bond donors (Lipinski definition) is 2. The van der Waals surface area contributed by atoms with Crippen LogP contribution in [0.2, 0.25) is 0 Å². The van der Waals surface area contributed by atoms with Crippen molar-refractivity contribution in [3.05, 3.63) is 65.1 Å². The summed E-state index contributed by atoms with van der Waals surface area (Å²) >= 11 is 0. The third-order valence-corrected chi connectivity index (χ3v) is 7.35. The predicted octanol–water partition coefficient (Wildman–Crippen LogP) is 5.13. The Kier molecular flexibility index (Phi) is 7.07. The summed E-state index contributed by atoms with van der Waals surface area (Å²) < 4.78 is 33.8. The number of allylic oxidation sites excluding steroid dienone is 1. The fourth-order valence-electron chi connectivity index (χ4n) is 5.65. The van der Waals surface area contributed by atoms with Crippen molar-refractivity contribution < 1.29 is 28.5 Å². The fourth-order valence-corrected chi connectivity index (χ4v) is 5.65. The summed E-state index contributed by atoms with van der Waals surface area (Å²) in [5.74, 6) is 0.348. The Bertz CT molecular complexity index is 1600. The van der Waals surface area contributed by atoms with E-state index in [-0.39, 0.29) is 29.6 Å². The predicted molar refractivity (Wildman–Crippen MR) is 153 cm³/mol. The third kappa shape index (κ3) is 5.27. The van der Waals surface area contributed by atoms with Gasteiger partial charge >= 0.3 is 6.61 Å². The Morgan fingerprint density at radius 3 is 2.59 bits per heavy atom.